The van der Waals surface area contributed by atoms with Crippen molar-refractivity contribution in [1.82, 2.24) is 0 Å². The van der Waals surface area contributed by atoms with Crippen LogP contribution in [0.3, 0.4) is 0 Å². The topological polar surface area (TPSA) is 66.5 Å². The molecule has 0 aliphatic carbocycles. The molecule has 18 heavy (non-hydrogen) atoms. The lowest BCUT2D eigenvalue weighted by molar-refractivity contribution is 0.473. The van der Waals surface area contributed by atoms with Crippen LogP contribution in [-0.2, 0) is 5.41 Å². The van der Waals surface area contributed by atoms with Crippen LogP contribution in [0.4, 0.5) is 0 Å². The van der Waals surface area contributed by atoms with Crippen LogP contribution >= 0.6 is 0 Å². The van der Waals surface area contributed by atoms with Gasteiger partial charge in [-0.1, -0.05) is 31.2 Å². The highest BCUT2D eigenvalue weighted by molar-refractivity contribution is 5.42. The van der Waals surface area contributed by atoms with E-state index in [-0.39, 0.29) is 16.9 Å². The van der Waals surface area contributed by atoms with Crippen molar-refractivity contribution in [3.8, 4) is 11.5 Å². The number of benzene rings is 2. The van der Waals surface area contributed by atoms with E-state index in [1.165, 1.54) is 0 Å². The summed E-state index contributed by atoms with van der Waals surface area (Å²) in [7, 11) is 0. The van der Waals surface area contributed by atoms with Gasteiger partial charge >= 0.3 is 0 Å². The fourth-order valence-corrected chi connectivity index (χ4v) is 2.06. The minimum absolute atomic E-state index is 0.240. The number of hydrogen-bond acceptors (Lipinski definition) is 3. The molecule has 2 rings (SSSR count). The molecule has 2 aromatic carbocycles. The summed E-state index contributed by atoms with van der Waals surface area (Å²) in [6.45, 7) is 2.49. The van der Waals surface area contributed by atoms with E-state index in [2.05, 4.69) is 0 Å². The van der Waals surface area contributed by atoms with Crippen LogP contribution in [0.2, 0.25) is 0 Å². The lowest BCUT2D eigenvalue weighted by Gasteiger charge is -2.29. The monoisotopic (exact) mass is 243 g/mol. The number of rotatable bonds is 3. The van der Waals surface area contributed by atoms with Crippen molar-refractivity contribution in [2.45, 2.75) is 12.3 Å². The Morgan fingerprint density at radius 2 is 1.17 bits per heavy atom. The van der Waals surface area contributed by atoms with Crippen molar-refractivity contribution in [2.75, 3.05) is 6.54 Å². The molecule has 4 N–H and O–H groups in total. The van der Waals surface area contributed by atoms with Gasteiger partial charge in [-0.25, -0.2) is 0 Å². The molecular formula is C15H17NO2. The molecule has 0 heterocycles. The summed E-state index contributed by atoms with van der Waals surface area (Å²) in [6, 6.07) is 14.1. The van der Waals surface area contributed by atoms with Gasteiger partial charge in [-0.3, -0.25) is 0 Å². The number of phenols is 2. The van der Waals surface area contributed by atoms with Crippen molar-refractivity contribution in [3.63, 3.8) is 0 Å². The van der Waals surface area contributed by atoms with Gasteiger partial charge in [0.25, 0.3) is 0 Å². The SMILES string of the molecule is CC(CN)(c1ccc(O)cc1)c1ccc(O)cc1. The van der Waals surface area contributed by atoms with Gasteiger partial charge in [0, 0.05) is 12.0 Å². The minimum Gasteiger partial charge on any atom is -0.508 e. The van der Waals surface area contributed by atoms with E-state index in [1.54, 1.807) is 24.3 Å². The van der Waals surface area contributed by atoms with Crippen molar-refractivity contribution >= 4 is 0 Å². The molecule has 0 spiro atoms. The lowest BCUT2D eigenvalue weighted by Crippen LogP contribution is -2.32. The van der Waals surface area contributed by atoms with Crippen molar-refractivity contribution in [2.24, 2.45) is 5.73 Å². The molecule has 0 aliphatic heterocycles. The Morgan fingerprint density at radius 3 is 1.44 bits per heavy atom. The maximum atomic E-state index is 9.34. The maximum Gasteiger partial charge on any atom is 0.115 e. The molecule has 3 heteroatoms. The molecule has 0 aromatic heterocycles. The fraction of sp³-hybridized carbons (Fsp3) is 0.200. The van der Waals surface area contributed by atoms with Gasteiger partial charge in [0.15, 0.2) is 0 Å². The number of aromatic hydroxyl groups is 2. The maximum absolute atomic E-state index is 9.34. The van der Waals surface area contributed by atoms with Gasteiger partial charge in [-0.15, -0.1) is 0 Å². The molecule has 3 nitrogen and oxygen atoms in total. The summed E-state index contributed by atoms with van der Waals surface area (Å²) < 4.78 is 0. The zero-order valence-electron chi connectivity index (χ0n) is 10.3. The smallest absolute Gasteiger partial charge is 0.115 e. The molecular weight excluding hydrogens is 226 g/mol. The van der Waals surface area contributed by atoms with E-state index < -0.39 is 0 Å². The average Bonchev–Trinajstić information content (AvgIpc) is 2.39. The molecule has 0 atom stereocenters. The van der Waals surface area contributed by atoms with Gasteiger partial charge in [0.1, 0.15) is 11.5 Å². The van der Waals surface area contributed by atoms with E-state index in [9.17, 15) is 10.2 Å². The second kappa shape index (κ2) is 4.70. The van der Waals surface area contributed by atoms with Crippen LogP contribution in [0.25, 0.3) is 0 Å². The molecule has 0 aliphatic rings. The standard InChI is InChI=1S/C15H17NO2/c1-15(10-16,11-2-6-13(17)7-3-11)12-4-8-14(18)9-5-12/h2-9,17-18H,10,16H2,1H3. The van der Waals surface area contributed by atoms with Crippen LogP contribution in [-0.4, -0.2) is 16.8 Å². The zero-order valence-corrected chi connectivity index (χ0v) is 10.3. The molecule has 0 unspecified atom stereocenters. The molecule has 0 radical (unpaired) electrons. The Morgan fingerprint density at radius 1 is 0.833 bits per heavy atom. The fourth-order valence-electron chi connectivity index (χ4n) is 2.06. The third-order valence-corrected chi connectivity index (χ3v) is 3.42. The summed E-state index contributed by atoms with van der Waals surface area (Å²) in [5.74, 6) is 0.479. The Kier molecular flexibility index (Phi) is 3.26. The van der Waals surface area contributed by atoms with Gasteiger partial charge in [0.2, 0.25) is 0 Å². The van der Waals surface area contributed by atoms with E-state index in [4.69, 9.17) is 5.73 Å². The van der Waals surface area contributed by atoms with Crippen LogP contribution in [0.5, 0.6) is 11.5 Å². The predicted octanol–water partition coefficient (Wildman–Crippen LogP) is 2.36. The number of hydrogen-bond donors (Lipinski definition) is 3. The highest BCUT2D eigenvalue weighted by atomic mass is 16.3. The summed E-state index contributed by atoms with van der Waals surface area (Å²) in [6.07, 6.45) is 0. The first-order valence-electron chi connectivity index (χ1n) is 5.85. The average molecular weight is 243 g/mol. The van der Waals surface area contributed by atoms with E-state index in [0.717, 1.165) is 11.1 Å². The molecule has 0 fully saturated rings. The third kappa shape index (κ3) is 2.17. The van der Waals surface area contributed by atoms with Gasteiger partial charge in [-0.2, -0.15) is 0 Å². The molecule has 0 amide bonds. The highest BCUT2D eigenvalue weighted by Gasteiger charge is 2.27. The first-order valence-corrected chi connectivity index (χ1v) is 5.85. The van der Waals surface area contributed by atoms with Crippen LogP contribution in [0.15, 0.2) is 48.5 Å². The Bertz CT molecular complexity index is 472. The Labute approximate surface area is 107 Å². The largest absolute Gasteiger partial charge is 0.508 e. The minimum atomic E-state index is -0.332. The number of nitrogens with two attached hydrogens (primary N) is 1. The van der Waals surface area contributed by atoms with Gasteiger partial charge in [0.05, 0.1) is 0 Å². The Hall–Kier alpha value is -2.00. The lowest BCUT2D eigenvalue weighted by atomic mass is 9.76. The molecule has 0 saturated heterocycles. The summed E-state index contributed by atoms with van der Waals surface area (Å²) in [5.41, 5.74) is 7.66. The summed E-state index contributed by atoms with van der Waals surface area (Å²) >= 11 is 0. The number of phenolic OH excluding ortho intramolecular Hbond substituents is 2. The molecule has 94 valence electrons. The second-order valence-corrected chi connectivity index (χ2v) is 4.63. The second-order valence-electron chi connectivity index (χ2n) is 4.63. The first-order chi connectivity index (χ1) is 8.56. The molecule has 0 saturated carbocycles. The van der Waals surface area contributed by atoms with E-state index in [0.29, 0.717) is 6.54 Å². The van der Waals surface area contributed by atoms with E-state index in [1.807, 2.05) is 31.2 Å². The van der Waals surface area contributed by atoms with Crippen molar-refractivity contribution in [1.29, 1.82) is 0 Å². The summed E-state index contributed by atoms with van der Waals surface area (Å²) in [5, 5.41) is 18.7. The molecule has 2 aromatic rings. The summed E-state index contributed by atoms with van der Waals surface area (Å²) in [4.78, 5) is 0. The molecule has 0 bridgehead atoms. The van der Waals surface area contributed by atoms with Gasteiger partial charge in [-0.05, 0) is 35.4 Å². The Balaban J connectivity index is 2.47. The van der Waals surface area contributed by atoms with Crippen LogP contribution < -0.4 is 5.73 Å². The van der Waals surface area contributed by atoms with Crippen LogP contribution in [0, 0.1) is 0 Å². The van der Waals surface area contributed by atoms with Crippen molar-refractivity contribution < 1.29 is 10.2 Å². The van der Waals surface area contributed by atoms with Crippen molar-refractivity contribution in [3.05, 3.63) is 59.7 Å². The van der Waals surface area contributed by atoms with Gasteiger partial charge < -0.3 is 15.9 Å². The van der Waals surface area contributed by atoms with E-state index >= 15 is 0 Å². The highest BCUT2D eigenvalue weighted by Crippen LogP contribution is 2.32. The third-order valence-electron chi connectivity index (χ3n) is 3.42. The first kappa shape index (κ1) is 12.5. The quantitative estimate of drug-likeness (QED) is 0.775. The predicted molar refractivity (Wildman–Crippen MR) is 71.7 cm³/mol. The zero-order chi connectivity index (χ0) is 13.2. The van der Waals surface area contributed by atoms with Crippen LogP contribution in [0.1, 0.15) is 18.1 Å². The normalized spacial score (nSPS) is 11.4.